The highest BCUT2D eigenvalue weighted by Gasteiger charge is 1.97. The molecule has 1 aromatic heterocycles. The Hall–Kier alpha value is -1.94. The van der Waals surface area contributed by atoms with E-state index in [-0.39, 0.29) is 0 Å². The van der Waals surface area contributed by atoms with Crippen LogP contribution in [0.2, 0.25) is 0 Å². The lowest BCUT2D eigenvalue weighted by molar-refractivity contribution is 0.298. The molecule has 0 fully saturated rings. The Kier molecular flexibility index (Phi) is 4.25. The van der Waals surface area contributed by atoms with E-state index in [4.69, 9.17) is 15.2 Å². The Bertz CT molecular complexity index is 477. The summed E-state index contributed by atoms with van der Waals surface area (Å²) < 4.78 is 12.8. The third-order valence-corrected chi connectivity index (χ3v) is 2.73. The molecule has 0 aliphatic rings. The van der Waals surface area contributed by atoms with Crippen molar-refractivity contribution in [3.8, 4) is 11.5 Å². The van der Waals surface area contributed by atoms with Crippen LogP contribution in [0, 0.1) is 0 Å². The Labute approximate surface area is 107 Å². The molecule has 0 bridgehead atoms. The molecule has 4 nitrogen and oxygen atoms in total. The van der Waals surface area contributed by atoms with Crippen LogP contribution in [0.5, 0.6) is 11.5 Å². The van der Waals surface area contributed by atoms with Gasteiger partial charge in [-0.2, -0.15) is 0 Å². The van der Waals surface area contributed by atoms with Crippen LogP contribution < -0.4 is 15.2 Å². The molecule has 0 aliphatic carbocycles. The summed E-state index contributed by atoms with van der Waals surface area (Å²) in [6, 6.07) is 9.60. The third kappa shape index (κ3) is 3.28. The van der Waals surface area contributed by atoms with Gasteiger partial charge in [0.15, 0.2) is 0 Å². The molecule has 0 spiro atoms. The molecular weight excluding hydrogens is 228 g/mol. The monoisotopic (exact) mass is 246 g/mol. The van der Waals surface area contributed by atoms with Gasteiger partial charge in [0.05, 0.1) is 13.7 Å². The van der Waals surface area contributed by atoms with Gasteiger partial charge in [0.25, 0.3) is 0 Å². The lowest BCUT2D eigenvalue weighted by atomic mass is 10.3. The summed E-state index contributed by atoms with van der Waals surface area (Å²) >= 11 is 0. The molecule has 4 heteroatoms. The van der Waals surface area contributed by atoms with Gasteiger partial charge < -0.3 is 19.8 Å². The van der Waals surface area contributed by atoms with Gasteiger partial charge in [-0.15, -0.1) is 0 Å². The maximum atomic E-state index is 5.64. The first-order valence-electron chi connectivity index (χ1n) is 5.93. The van der Waals surface area contributed by atoms with Crippen LogP contribution >= 0.6 is 0 Å². The minimum Gasteiger partial charge on any atom is -0.497 e. The van der Waals surface area contributed by atoms with E-state index >= 15 is 0 Å². The van der Waals surface area contributed by atoms with E-state index in [1.165, 1.54) is 0 Å². The van der Waals surface area contributed by atoms with E-state index in [0.29, 0.717) is 13.2 Å². The normalized spacial score (nSPS) is 10.3. The number of hydrogen-bond donors (Lipinski definition) is 1. The molecule has 2 N–H and O–H groups in total. The number of hydrogen-bond acceptors (Lipinski definition) is 3. The van der Waals surface area contributed by atoms with Crippen molar-refractivity contribution in [1.29, 1.82) is 0 Å². The van der Waals surface area contributed by atoms with Crippen molar-refractivity contribution in [1.82, 2.24) is 4.57 Å². The lowest BCUT2D eigenvalue weighted by Gasteiger charge is -2.07. The number of ether oxygens (including phenoxy) is 2. The minimum absolute atomic E-state index is 0.576. The molecule has 0 amide bonds. The SMILES string of the molecule is COc1ccc(OCCn2ccc(CN)c2)cc1. The van der Waals surface area contributed by atoms with Crippen LogP contribution in [-0.4, -0.2) is 18.3 Å². The van der Waals surface area contributed by atoms with Crippen LogP contribution in [0.25, 0.3) is 0 Å². The predicted molar refractivity (Wildman–Crippen MR) is 70.8 cm³/mol. The standard InChI is InChI=1S/C14H18N2O2/c1-17-13-2-4-14(5-3-13)18-9-8-16-7-6-12(10-15)11-16/h2-7,11H,8-10,15H2,1H3. The first kappa shape index (κ1) is 12.5. The van der Waals surface area contributed by atoms with E-state index in [1.807, 2.05) is 42.7 Å². The van der Waals surface area contributed by atoms with Crippen molar-refractivity contribution in [2.24, 2.45) is 5.73 Å². The van der Waals surface area contributed by atoms with Crippen LogP contribution in [0.1, 0.15) is 5.56 Å². The van der Waals surface area contributed by atoms with Crippen LogP contribution in [0.4, 0.5) is 0 Å². The lowest BCUT2D eigenvalue weighted by Crippen LogP contribution is -2.06. The fourth-order valence-corrected chi connectivity index (χ4v) is 1.69. The average molecular weight is 246 g/mol. The summed E-state index contributed by atoms with van der Waals surface area (Å²) in [5.74, 6) is 1.68. The number of methoxy groups -OCH3 is 1. The molecule has 0 saturated carbocycles. The van der Waals surface area contributed by atoms with Gasteiger partial charge in [-0.25, -0.2) is 0 Å². The highest BCUT2D eigenvalue weighted by molar-refractivity contribution is 5.31. The molecule has 0 saturated heterocycles. The van der Waals surface area contributed by atoms with Crippen molar-refractivity contribution in [3.05, 3.63) is 48.3 Å². The molecule has 0 unspecified atom stereocenters. The molecular formula is C14H18N2O2. The second-order valence-electron chi connectivity index (χ2n) is 3.99. The van der Waals surface area contributed by atoms with Crippen LogP contribution in [0.3, 0.4) is 0 Å². The maximum absolute atomic E-state index is 5.64. The summed E-state index contributed by atoms with van der Waals surface area (Å²) in [5, 5.41) is 0. The summed E-state index contributed by atoms with van der Waals surface area (Å²) in [6.07, 6.45) is 4.05. The van der Waals surface area contributed by atoms with Crippen molar-refractivity contribution in [2.75, 3.05) is 13.7 Å². The number of rotatable bonds is 6. The fourth-order valence-electron chi connectivity index (χ4n) is 1.69. The van der Waals surface area contributed by atoms with Gasteiger partial charge in [-0.3, -0.25) is 0 Å². The highest BCUT2D eigenvalue weighted by Crippen LogP contribution is 2.16. The molecule has 2 aromatic rings. The summed E-state index contributed by atoms with van der Waals surface area (Å²) in [6.45, 7) is 2.02. The molecule has 18 heavy (non-hydrogen) atoms. The molecule has 1 heterocycles. The first-order valence-corrected chi connectivity index (χ1v) is 5.93. The van der Waals surface area contributed by atoms with E-state index in [9.17, 15) is 0 Å². The topological polar surface area (TPSA) is 49.4 Å². The number of nitrogens with two attached hydrogens (primary N) is 1. The average Bonchev–Trinajstić information content (AvgIpc) is 2.87. The molecule has 96 valence electrons. The van der Waals surface area contributed by atoms with Gasteiger partial charge in [-0.1, -0.05) is 0 Å². The minimum atomic E-state index is 0.576. The van der Waals surface area contributed by atoms with Crippen molar-refractivity contribution < 1.29 is 9.47 Å². The zero-order valence-electron chi connectivity index (χ0n) is 10.5. The van der Waals surface area contributed by atoms with Crippen LogP contribution in [-0.2, 0) is 13.1 Å². The fraction of sp³-hybridized carbons (Fsp3) is 0.286. The third-order valence-electron chi connectivity index (χ3n) is 2.73. The van der Waals surface area contributed by atoms with Gasteiger partial charge in [0.2, 0.25) is 0 Å². The Morgan fingerprint density at radius 1 is 1.11 bits per heavy atom. The molecule has 1 aromatic carbocycles. The van der Waals surface area contributed by atoms with Crippen molar-refractivity contribution >= 4 is 0 Å². The number of benzene rings is 1. The zero-order chi connectivity index (χ0) is 12.8. The summed E-state index contributed by atoms with van der Waals surface area (Å²) in [4.78, 5) is 0. The Morgan fingerprint density at radius 3 is 2.44 bits per heavy atom. The van der Waals surface area contributed by atoms with Crippen molar-refractivity contribution in [2.45, 2.75) is 13.1 Å². The smallest absolute Gasteiger partial charge is 0.119 e. The van der Waals surface area contributed by atoms with Gasteiger partial charge >= 0.3 is 0 Å². The molecule has 0 aliphatic heterocycles. The van der Waals surface area contributed by atoms with E-state index in [0.717, 1.165) is 23.6 Å². The molecule has 2 rings (SSSR count). The van der Waals surface area contributed by atoms with Gasteiger partial charge in [0.1, 0.15) is 18.1 Å². The number of aromatic nitrogens is 1. The zero-order valence-corrected chi connectivity index (χ0v) is 10.5. The molecule has 0 radical (unpaired) electrons. The summed E-state index contributed by atoms with van der Waals surface area (Å²) in [5.41, 5.74) is 6.69. The van der Waals surface area contributed by atoms with Gasteiger partial charge in [0, 0.05) is 18.9 Å². The summed E-state index contributed by atoms with van der Waals surface area (Å²) in [7, 11) is 1.65. The van der Waals surface area contributed by atoms with E-state index in [2.05, 4.69) is 4.57 Å². The Morgan fingerprint density at radius 2 is 1.83 bits per heavy atom. The second kappa shape index (κ2) is 6.12. The second-order valence-corrected chi connectivity index (χ2v) is 3.99. The van der Waals surface area contributed by atoms with Crippen molar-refractivity contribution in [3.63, 3.8) is 0 Å². The molecule has 0 atom stereocenters. The van der Waals surface area contributed by atoms with E-state index in [1.54, 1.807) is 7.11 Å². The Balaban J connectivity index is 1.80. The largest absolute Gasteiger partial charge is 0.497 e. The maximum Gasteiger partial charge on any atom is 0.119 e. The number of nitrogens with zero attached hydrogens (tertiary/aromatic N) is 1. The van der Waals surface area contributed by atoms with Gasteiger partial charge in [-0.05, 0) is 35.9 Å². The highest BCUT2D eigenvalue weighted by atomic mass is 16.5. The predicted octanol–water partition coefficient (Wildman–Crippen LogP) is 2.03. The first-order chi connectivity index (χ1) is 8.81. The quantitative estimate of drug-likeness (QED) is 0.848. The van der Waals surface area contributed by atoms with Crippen LogP contribution in [0.15, 0.2) is 42.7 Å². The van der Waals surface area contributed by atoms with E-state index < -0.39 is 0 Å².